The van der Waals surface area contributed by atoms with Gasteiger partial charge in [-0.25, -0.2) is 0 Å². The van der Waals surface area contributed by atoms with E-state index < -0.39 is 6.04 Å². The van der Waals surface area contributed by atoms with E-state index in [1.54, 1.807) is 16.7 Å². The molecule has 0 heterocycles. The molecule has 1 aliphatic carbocycles. The van der Waals surface area contributed by atoms with Gasteiger partial charge in [0.15, 0.2) is 0 Å². The van der Waals surface area contributed by atoms with E-state index in [1.165, 1.54) is 0 Å². The summed E-state index contributed by atoms with van der Waals surface area (Å²) in [4.78, 5) is 29.2. The molecule has 0 spiro atoms. The van der Waals surface area contributed by atoms with Gasteiger partial charge < -0.3 is 10.2 Å². The zero-order valence-corrected chi connectivity index (χ0v) is 23.9. The van der Waals surface area contributed by atoms with Crippen molar-refractivity contribution in [2.24, 2.45) is 0 Å². The molecule has 1 N–H and O–H groups in total. The lowest BCUT2D eigenvalue weighted by Gasteiger charge is -2.32. The van der Waals surface area contributed by atoms with E-state index in [0.29, 0.717) is 23.7 Å². The molecule has 1 aliphatic rings. The van der Waals surface area contributed by atoms with Crippen molar-refractivity contribution in [2.45, 2.75) is 56.5 Å². The molecular weight excluding hydrogens is 568 g/mol. The number of nitrogens with zero attached hydrogens (tertiary/aromatic N) is 1. The van der Waals surface area contributed by atoms with Crippen molar-refractivity contribution in [3.63, 3.8) is 0 Å². The molecule has 2 amide bonds. The first-order valence-electron chi connectivity index (χ1n) is 12.7. The van der Waals surface area contributed by atoms with Crippen molar-refractivity contribution in [3.05, 3.63) is 105 Å². The van der Waals surface area contributed by atoms with Gasteiger partial charge in [0.05, 0.1) is 5.75 Å². The molecule has 0 radical (unpaired) electrons. The summed E-state index contributed by atoms with van der Waals surface area (Å²) < 4.78 is 0.978. The van der Waals surface area contributed by atoms with Gasteiger partial charge in [-0.3, -0.25) is 9.59 Å². The third-order valence-electron chi connectivity index (χ3n) is 6.62. The summed E-state index contributed by atoms with van der Waals surface area (Å²) in [5.41, 5.74) is 3.10. The number of nitrogens with one attached hydrogen (secondary N) is 1. The van der Waals surface area contributed by atoms with Crippen molar-refractivity contribution >= 4 is 51.1 Å². The Labute approximate surface area is 237 Å². The molecule has 3 aromatic carbocycles. The van der Waals surface area contributed by atoms with Crippen molar-refractivity contribution in [1.82, 2.24) is 10.2 Å². The molecule has 4 rings (SSSR count). The lowest BCUT2D eigenvalue weighted by molar-refractivity contribution is -0.139. The first kappa shape index (κ1) is 27.7. The normalized spacial score (nSPS) is 14.3. The third kappa shape index (κ3) is 8.62. The summed E-state index contributed by atoms with van der Waals surface area (Å²) in [7, 11) is 0. The largest absolute Gasteiger partial charge is 0.352 e. The Morgan fingerprint density at radius 2 is 1.65 bits per heavy atom. The van der Waals surface area contributed by atoms with E-state index in [2.05, 4.69) is 21.2 Å². The fourth-order valence-electron chi connectivity index (χ4n) is 4.67. The van der Waals surface area contributed by atoms with Crippen LogP contribution in [0.15, 0.2) is 83.3 Å². The van der Waals surface area contributed by atoms with Crippen LogP contribution in [0, 0.1) is 0 Å². The van der Waals surface area contributed by atoms with Crippen LogP contribution in [0.3, 0.4) is 0 Å². The predicted molar refractivity (Wildman–Crippen MR) is 157 cm³/mol. The Hall–Kier alpha value is -2.28. The zero-order valence-electron chi connectivity index (χ0n) is 20.7. The van der Waals surface area contributed by atoms with Gasteiger partial charge in [0.1, 0.15) is 6.04 Å². The van der Waals surface area contributed by atoms with Crippen LogP contribution in [-0.4, -0.2) is 34.6 Å². The fraction of sp³-hybridized carbons (Fsp3) is 0.333. The number of rotatable bonds is 11. The van der Waals surface area contributed by atoms with Crippen LogP contribution >= 0.6 is 39.3 Å². The molecule has 1 saturated carbocycles. The van der Waals surface area contributed by atoms with E-state index >= 15 is 0 Å². The highest BCUT2D eigenvalue weighted by molar-refractivity contribution is 9.10. The number of carbonyl (C=O) groups is 2. The van der Waals surface area contributed by atoms with Crippen LogP contribution in [0.5, 0.6) is 0 Å². The van der Waals surface area contributed by atoms with E-state index in [0.717, 1.165) is 46.8 Å². The van der Waals surface area contributed by atoms with Crippen molar-refractivity contribution < 1.29 is 9.59 Å². The van der Waals surface area contributed by atoms with Crippen molar-refractivity contribution in [1.29, 1.82) is 0 Å². The van der Waals surface area contributed by atoms with Crippen LogP contribution in [0.2, 0.25) is 5.02 Å². The Kier molecular flexibility index (Phi) is 10.5. The standard InChI is InChI=1S/C30H32BrClN2O2S/c31-25-15-13-23(14-16-25)19-34(29(35)21-37-20-24-9-6-10-26(32)17-24)28(18-22-7-2-1-3-8-22)30(36)33-27-11-4-5-12-27/h1-3,6-10,13-17,27-28H,4-5,11-12,18-21H2,(H,33,36)/t28-/m1/s1. The molecule has 1 fully saturated rings. The number of hydrogen-bond donors (Lipinski definition) is 1. The first-order chi connectivity index (χ1) is 18.0. The smallest absolute Gasteiger partial charge is 0.243 e. The third-order valence-corrected chi connectivity index (χ3v) is 8.37. The highest BCUT2D eigenvalue weighted by atomic mass is 79.9. The maximum absolute atomic E-state index is 13.7. The lowest BCUT2D eigenvalue weighted by Crippen LogP contribution is -2.52. The number of carbonyl (C=O) groups excluding carboxylic acids is 2. The van der Waals surface area contributed by atoms with Gasteiger partial charge in [0.2, 0.25) is 11.8 Å². The van der Waals surface area contributed by atoms with Crippen LogP contribution in [-0.2, 0) is 28.3 Å². The Morgan fingerprint density at radius 1 is 0.946 bits per heavy atom. The van der Waals surface area contributed by atoms with Crippen molar-refractivity contribution in [3.8, 4) is 0 Å². The van der Waals surface area contributed by atoms with E-state index in [4.69, 9.17) is 11.6 Å². The molecule has 194 valence electrons. The summed E-state index contributed by atoms with van der Waals surface area (Å²) >= 11 is 11.2. The van der Waals surface area contributed by atoms with Gasteiger partial charge >= 0.3 is 0 Å². The zero-order chi connectivity index (χ0) is 26.0. The number of hydrogen-bond acceptors (Lipinski definition) is 3. The summed E-state index contributed by atoms with van der Waals surface area (Å²) in [6, 6.07) is 25.2. The van der Waals surface area contributed by atoms with E-state index in [9.17, 15) is 9.59 Å². The molecule has 7 heteroatoms. The molecule has 0 saturated heterocycles. The molecule has 0 aliphatic heterocycles. The number of halogens is 2. The molecule has 0 unspecified atom stereocenters. The van der Waals surface area contributed by atoms with Gasteiger partial charge in [-0.2, -0.15) is 0 Å². The molecule has 4 nitrogen and oxygen atoms in total. The van der Waals surface area contributed by atoms with Crippen molar-refractivity contribution in [2.75, 3.05) is 5.75 Å². The minimum atomic E-state index is -0.592. The fourth-order valence-corrected chi connectivity index (χ4v) is 6.01. The van der Waals surface area contributed by atoms with Crippen LogP contribution in [0.4, 0.5) is 0 Å². The summed E-state index contributed by atoms with van der Waals surface area (Å²) in [5.74, 6) is 0.847. The van der Waals surface area contributed by atoms with Crippen LogP contribution in [0.25, 0.3) is 0 Å². The lowest BCUT2D eigenvalue weighted by atomic mass is 10.0. The second-order valence-corrected chi connectivity index (χ2v) is 11.8. The molecule has 3 aromatic rings. The van der Waals surface area contributed by atoms with E-state index in [1.807, 2.05) is 78.9 Å². The molecular formula is C30H32BrClN2O2S. The average Bonchev–Trinajstić information content (AvgIpc) is 3.41. The highest BCUT2D eigenvalue weighted by Crippen LogP contribution is 2.22. The molecule has 0 bridgehead atoms. The maximum Gasteiger partial charge on any atom is 0.243 e. The van der Waals surface area contributed by atoms with Crippen LogP contribution < -0.4 is 5.32 Å². The van der Waals surface area contributed by atoms with Crippen LogP contribution in [0.1, 0.15) is 42.4 Å². The molecule has 0 aromatic heterocycles. The minimum Gasteiger partial charge on any atom is -0.352 e. The number of amides is 2. The Morgan fingerprint density at radius 3 is 2.35 bits per heavy atom. The summed E-state index contributed by atoms with van der Waals surface area (Å²) in [6.45, 7) is 0.374. The van der Waals surface area contributed by atoms with Gasteiger partial charge in [-0.1, -0.05) is 95.0 Å². The topological polar surface area (TPSA) is 49.4 Å². The predicted octanol–water partition coefficient (Wildman–Crippen LogP) is 7.03. The summed E-state index contributed by atoms with van der Waals surface area (Å²) in [5, 5.41) is 3.94. The average molecular weight is 600 g/mol. The quantitative estimate of drug-likeness (QED) is 0.257. The maximum atomic E-state index is 13.7. The molecule has 1 atom stereocenters. The van der Waals surface area contributed by atoms with Gasteiger partial charge in [0.25, 0.3) is 0 Å². The molecule has 37 heavy (non-hydrogen) atoms. The summed E-state index contributed by atoms with van der Waals surface area (Å²) in [6.07, 6.45) is 4.74. The van der Waals surface area contributed by atoms with Gasteiger partial charge in [-0.05, 0) is 53.8 Å². The Balaban J connectivity index is 1.56. The van der Waals surface area contributed by atoms with Gasteiger partial charge in [0, 0.05) is 34.3 Å². The number of benzene rings is 3. The number of thioether (sulfide) groups is 1. The Bertz CT molecular complexity index is 1170. The highest BCUT2D eigenvalue weighted by Gasteiger charge is 2.32. The van der Waals surface area contributed by atoms with Gasteiger partial charge in [-0.15, -0.1) is 11.8 Å². The first-order valence-corrected chi connectivity index (χ1v) is 15.0. The van der Waals surface area contributed by atoms with E-state index in [-0.39, 0.29) is 23.6 Å². The second kappa shape index (κ2) is 14.0. The SMILES string of the molecule is O=C(NC1CCCC1)[C@@H](Cc1ccccc1)N(Cc1ccc(Br)cc1)C(=O)CSCc1cccc(Cl)c1. The second-order valence-electron chi connectivity index (χ2n) is 9.47. The minimum absolute atomic E-state index is 0.0440. The monoisotopic (exact) mass is 598 g/mol.